The van der Waals surface area contributed by atoms with Crippen molar-refractivity contribution in [3.05, 3.63) is 76.6 Å². The van der Waals surface area contributed by atoms with Crippen LogP contribution in [-0.2, 0) is 68.9 Å². The summed E-state index contributed by atoms with van der Waals surface area (Å²) in [5, 5.41) is 1.84. The summed E-state index contributed by atoms with van der Waals surface area (Å²) in [6.07, 6.45) is 2.04. The van der Waals surface area contributed by atoms with Gasteiger partial charge in [-0.15, -0.1) is 0 Å². The second kappa shape index (κ2) is 28.4. The summed E-state index contributed by atoms with van der Waals surface area (Å²) in [5.41, 5.74) is 3.06. The van der Waals surface area contributed by atoms with Gasteiger partial charge < -0.3 is 32.3 Å². The van der Waals surface area contributed by atoms with Crippen molar-refractivity contribution in [2.24, 2.45) is 0 Å². The Hall–Kier alpha value is -4.40. The van der Waals surface area contributed by atoms with Crippen LogP contribution in [0.4, 0.5) is 0 Å². The first-order valence-electron chi connectivity index (χ1n) is 21.5. The van der Waals surface area contributed by atoms with E-state index in [1.165, 1.54) is 0 Å². The Bertz CT molecular complexity index is 2080. The number of pyridine rings is 1. The van der Waals surface area contributed by atoms with Crippen molar-refractivity contribution in [2.75, 3.05) is 71.9 Å². The summed E-state index contributed by atoms with van der Waals surface area (Å²) < 4.78 is 65.3. The average Bonchev–Trinajstić information content (AvgIpc) is 3.22. The smallest absolute Gasteiger partial charge is 0.344 e. The van der Waals surface area contributed by atoms with Gasteiger partial charge in [0, 0.05) is 42.6 Å². The lowest BCUT2D eigenvalue weighted by Crippen LogP contribution is -2.33. The van der Waals surface area contributed by atoms with Gasteiger partial charge in [0.1, 0.15) is 12.6 Å². The molecule has 63 heavy (non-hydrogen) atoms. The second-order valence-electron chi connectivity index (χ2n) is 13.9. The Kier molecular flexibility index (Phi) is 23.9. The molecule has 0 atom stereocenters. The first-order chi connectivity index (χ1) is 30.3. The van der Waals surface area contributed by atoms with Crippen molar-refractivity contribution in [2.45, 2.75) is 87.2 Å². The fraction of sp³-hybridized carbons (Fsp3) is 0.522. The first kappa shape index (κ1) is 52.9. The van der Waals surface area contributed by atoms with E-state index in [2.05, 4.69) is 23.7 Å². The fourth-order valence-corrected chi connectivity index (χ4v) is 9.91. The van der Waals surface area contributed by atoms with E-state index < -0.39 is 27.1 Å². The number of unbranched alkanes of at least 4 members (excludes halogenated alkanes) is 2. The van der Waals surface area contributed by atoms with Gasteiger partial charge in [-0.25, -0.2) is 0 Å². The molecule has 0 bridgehead atoms. The minimum absolute atomic E-state index is 0.0128. The quantitative estimate of drug-likeness (QED) is 0.0235. The van der Waals surface area contributed by atoms with Gasteiger partial charge in [-0.3, -0.25) is 38.3 Å². The van der Waals surface area contributed by atoms with Crippen molar-refractivity contribution in [3.63, 3.8) is 0 Å². The van der Waals surface area contributed by atoms with Gasteiger partial charge in [-0.05, 0) is 96.3 Å². The van der Waals surface area contributed by atoms with Gasteiger partial charge in [0.05, 0.1) is 70.7 Å². The highest BCUT2D eigenvalue weighted by Gasteiger charge is 2.31. The summed E-state index contributed by atoms with van der Waals surface area (Å²) in [4.78, 5) is 45.5. The van der Waals surface area contributed by atoms with Gasteiger partial charge >= 0.3 is 33.1 Å². The minimum atomic E-state index is -3.68. The van der Waals surface area contributed by atoms with E-state index >= 15 is 0 Å². The zero-order chi connectivity index (χ0) is 46.1. The number of hydrogen-bond acceptors (Lipinski definition) is 15. The number of esters is 3. The normalized spacial score (nSPS) is 11.5. The second-order valence-corrected chi connectivity index (χ2v) is 17.9. The third-order valence-electron chi connectivity index (χ3n) is 8.79. The summed E-state index contributed by atoms with van der Waals surface area (Å²) in [5.74, 6) is 11.9. The van der Waals surface area contributed by atoms with Crippen LogP contribution in [-0.4, -0.2) is 105 Å². The van der Waals surface area contributed by atoms with Crippen LogP contribution in [0.5, 0.6) is 0 Å². The lowest BCUT2D eigenvalue weighted by Gasteiger charge is -2.27. The summed E-state index contributed by atoms with van der Waals surface area (Å²) in [7, 11) is -7.35. The first-order valence-corrected chi connectivity index (χ1v) is 25.0. The molecular formula is C46H63N3O12P2. The lowest BCUT2D eigenvalue weighted by atomic mass is 9.99. The molecule has 0 saturated carbocycles. The molecule has 2 aromatic carbocycles. The van der Waals surface area contributed by atoms with Crippen LogP contribution >= 0.6 is 15.2 Å². The lowest BCUT2D eigenvalue weighted by molar-refractivity contribution is -0.145. The Morgan fingerprint density at radius 2 is 1.02 bits per heavy atom. The van der Waals surface area contributed by atoms with Crippen LogP contribution in [0.2, 0.25) is 0 Å². The van der Waals surface area contributed by atoms with Gasteiger partial charge in [-0.2, -0.15) is 0 Å². The summed E-state index contributed by atoms with van der Waals surface area (Å²) in [6, 6.07) is 15.3. The molecule has 1 aromatic heterocycles. The largest absolute Gasteiger partial charge is 0.466 e. The molecular weight excluding hydrogens is 848 g/mol. The molecule has 15 nitrogen and oxygen atoms in total. The number of rotatable bonds is 27. The van der Waals surface area contributed by atoms with Gasteiger partial charge in [-0.1, -0.05) is 47.9 Å². The fourth-order valence-electron chi connectivity index (χ4n) is 6.48. The van der Waals surface area contributed by atoms with Crippen molar-refractivity contribution < 1.29 is 55.8 Å². The maximum atomic E-state index is 13.8. The predicted molar refractivity (Wildman–Crippen MR) is 242 cm³/mol. The third kappa shape index (κ3) is 19.1. The number of fused-ring (bicyclic) bond motifs is 1. The molecule has 3 aromatic rings. The molecule has 0 aliphatic heterocycles. The number of aromatic nitrogens is 1. The van der Waals surface area contributed by atoms with Crippen LogP contribution in [0.15, 0.2) is 48.5 Å². The molecule has 0 aliphatic rings. The molecule has 17 heteroatoms. The predicted octanol–water partition coefficient (Wildman–Crippen LogP) is 8.29. The Labute approximate surface area is 372 Å². The third-order valence-corrected chi connectivity index (χ3v) is 12.9. The summed E-state index contributed by atoms with van der Waals surface area (Å²) in [6.45, 7) is 12.8. The molecule has 0 amide bonds. The van der Waals surface area contributed by atoms with E-state index in [4.69, 9.17) is 37.3 Å². The van der Waals surface area contributed by atoms with Gasteiger partial charge in [0.25, 0.3) is 0 Å². The van der Waals surface area contributed by atoms with Crippen molar-refractivity contribution >= 4 is 43.9 Å². The van der Waals surface area contributed by atoms with Crippen LogP contribution in [0, 0.1) is 23.7 Å². The van der Waals surface area contributed by atoms with Crippen LogP contribution in [0.25, 0.3) is 10.8 Å². The zero-order valence-corrected chi connectivity index (χ0v) is 39.6. The number of benzene rings is 2. The molecule has 0 spiro atoms. The highest BCUT2D eigenvalue weighted by atomic mass is 31.2. The molecule has 344 valence electrons. The molecule has 0 aliphatic carbocycles. The van der Waals surface area contributed by atoms with Crippen molar-refractivity contribution in [1.29, 1.82) is 0 Å². The SMILES string of the molecule is CCOC(=O)CCCCC#Cc1ccc(C#Cc2cc(CN(CC(=O)OCC)CP(=O)(OCC)OCC)nc(CN(CC(=O)OCC)CP(=O)(OCC)OCC)c2)c2ccccc12. The van der Waals surface area contributed by atoms with E-state index in [0.29, 0.717) is 42.8 Å². The molecule has 0 radical (unpaired) electrons. The summed E-state index contributed by atoms with van der Waals surface area (Å²) >= 11 is 0. The van der Waals surface area contributed by atoms with E-state index in [-0.39, 0.29) is 84.4 Å². The Balaban J connectivity index is 2.12. The van der Waals surface area contributed by atoms with Crippen LogP contribution < -0.4 is 0 Å². The molecule has 0 fully saturated rings. The Morgan fingerprint density at radius 3 is 1.46 bits per heavy atom. The Morgan fingerprint density at radius 1 is 0.571 bits per heavy atom. The van der Waals surface area contributed by atoms with E-state index in [9.17, 15) is 23.5 Å². The van der Waals surface area contributed by atoms with Gasteiger partial charge in [0.15, 0.2) is 0 Å². The number of carbonyl (C=O) groups excluding carboxylic acids is 3. The maximum absolute atomic E-state index is 13.8. The molecule has 3 rings (SSSR count). The van der Waals surface area contributed by atoms with Crippen LogP contribution in [0.1, 0.15) is 102 Å². The molecule has 0 N–H and O–H groups in total. The molecule has 0 saturated heterocycles. The molecule has 0 unspecified atom stereocenters. The van der Waals surface area contributed by atoms with E-state index in [1.807, 2.05) is 36.4 Å². The topological polar surface area (TPSA) is 169 Å². The van der Waals surface area contributed by atoms with Crippen LogP contribution in [0.3, 0.4) is 0 Å². The number of nitrogens with zero attached hydrogens (tertiary/aromatic N) is 3. The average molecular weight is 912 g/mol. The van der Waals surface area contributed by atoms with E-state index in [1.54, 1.807) is 70.4 Å². The zero-order valence-electron chi connectivity index (χ0n) is 37.8. The number of carbonyl (C=O) groups is 3. The molecule has 1 heterocycles. The monoisotopic (exact) mass is 911 g/mol. The number of ether oxygens (including phenoxy) is 3. The van der Waals surface area contributed by atoms with Crippen molar-refractivity contribution in [1.82, 2.24) is 14.8 Å². The highest BCUT2D eigenvalue weighted by molar-refractivity contribution is 7.54. The maximum Gasteiger partial charge on any atom is 0.344 e. The van der Waals surface area contributed by atoms with E-state index in [0.717, 1.165) is 28.3 Å². The number of hydrogen-bond donors (Lipinski definition) is 0. The standard InChI is InChI=1S/C46H63N3O12P2/c1-8-55-44(50)24-18-16-15-17-21-38-27-28-39(43-23-20-19-22-42(38)43)26-25-37-29-40(31-48(33-45(51)56-9-2)35-62(53,58-11-4)59-12-5)47-41(30-37)32-49(34-46(52)57-10-3)36-63(54,60-13-6)61-14-7/h19-20,22-23,27-30H,8-16,18,24,31-36H2,1-7H3. The van der Waals surface area contributed by atoms with Crippen molar-refractivity contribution in [3.8, 4) is 23.7 Å². The minimum Gasteiger partial charge on any atom is -0.466 e. The highest BCUT2D eigenvalue weighted by Crippen LogP contribution is 2.49. The van der Waals surface area contributed by atoms with Gasteiger partial charge in [0.2, 0.25) is 0 Å².